The highest BCUT2D eigenvalue weighted by Crippen LogP contribution is 2.31. The molecule has 1 heterocycles. The maximum atomic E-state index is 12.2. The van der Waals surface area contributed by atoms with E-state index in [0.29, 0.717) is 44.2 Å². The van der Waals surface area contributed by atoms with Gasteiger partial charge in [-0.15, -0.1) is 0 Å². The molecule has 0 fully saturated rings. The topological polar surface area (TPSA) is 102 Å². The summed E-state index contributed by atoms with van der Waals surface area (Å²) in [6.45, 7) is -0.272. The van der Waals surface area contributed by atoms with Gasteiger partial charge in [0.05, 0.1) is 32.0 Å². The van der Waals surface area contributed by atoms with Crippen molar-refractivity contribution in [3.63, 3.8) is 0 Å². The van der Waals surface area contributed by atoms with Gasteiger partial charge in [0.1, 0.15) is 11.5 Å². The molecule has 2 N–H and O–H groups in total. The Labute approximate surface area is 194 Å². The van der Waals surface area contributed by atoms with Gasteiger partial charge >= 0.3 is 0 Å². The van der Waals surface area contributed by atoms with Gasteiger partial charge in [0, 0.05) is 16.1 Å². The average molecular weight is 476 g/mol. The molecular weight excluding hydrogens is 457 g/mol. The van der Waals surface area contributed by atoms with Crippen LogP contribution in [0.15, 0.2) is 58.0 Å². The van der Waals surface area contributed by atoms with Crippen LogP contribution in [0.25, 0.3) is 11.3 Å². The molecule has 32 heavy (non-hydrogen) atoms. The van der Waals surface area contributed by atoms with E-state index in [-0.39, 0.29) is 6.54 Å². The summed E-state index contributed by atoms with van der Waals surface area (Å²) in [6, 6.07) is 13.1. The van der Waals surface area contributed by atoms with Crippen molar-refractivity contribution in [2.24, 2.45) is 5.10 Å². The third-order valence-corrected chi connectivity index (χ3v) is 4.82. The number of halogens is 2. The lowest BCUT2D eigenvalue weighted by Crippen LogP contribution is -2.34. The van der Waals surface area contributed by atoms with Crippen LogP contribution < -0.4 is 20.2 Å². The summed E-state index contributed by atoms with van der Waals surface area (Å²) in [6.07, 6.45) is 1.33. The fraction of sp³-hybridized carbons (Fsp3) is 0.136. The van der Waals surface area contributed by atoms with Gasteiger partial charge in [-0.05, 0) is 48.5 Å². The Bertz CT molecular complexity index is 1160. The molecule has 0 aliphatic heterocycles. The van der Waals surface area contributed by atoms with Crippen molar-refractivity contribution in [3.05, 3.63) is 69.9 Å². The van der Waals surface area contributed by atoms with Crippen molar-refractivity contribution in [3.8, 4) is 22.8 Å². The van der Waals surface area contributed by atoms with Gasteiger partial charge in [-0.1, -0.05) is 23.2 Å². The zero-order valence-corrected chi connectivity index (χ0v) is 18.7. The molecule has 3 aromatic rings. The number of benzene rings is 2. The Morgan fingerprint density at radius 2 is 1.81 bits per heavy atom. The second kappa shape index (κ2) is 10.7. The molecule has 0 aliphatic rings. The molecule has 8 nitrogen and oxygen atoms in total. The lowest BCUT2D eigenvalue weighted by molar-refractivity contribution is -0.120. The third kappa shape index (κ3) is 5.81. The molecule has 1 aromatic heterocycles. The summed E-state index contributed by atoms with van der Waals surface area (Å²) in [5.41, 5.74) is 3.27. The number of hydrogen-bond donors (Lipinski definition) is 2. The van der Waals surface area contributed by atoms with Crippen molar-refractivity contribution >= 4 is 41.2 Å². The van der Waals surface area contributed by atoms with Gasteiger partial charge in [0.2, 0.25) is 0 Å². The van der Waals surface area contributed by atoms with Gasteiger partial charge in [0.15, 0.2) is 11.5 Å². The van der Waals surface area contributed by atoms with Crippen LogP contribution in [0, 0.1) is 0 Å². The van der Waals surface area contributed by atoms with Gasteiger partial charge in [-0.3, -0.25) is 9.59 Å². The van der Waals surface area contributed by atoms with Crippen molar-refractivity contribution in [2.75, 3.05) is 20.8 Å². The number of carbonyl (C=O) groups excluding carboxylic acids is 2. The summed E-state index contributed by atoms with van der Waals surface area (Å²) in [7, 11) is 2.97. The van der Waals surface area contributed by atoms with E-state index < -0.39 is 11.8 Å². The predicted octanol–water partition coefficient (Wildman–Crippen LogP) is 4.15. The van der Waals surface area contributed by atoms with Crippen LogP contribution in [0.1, 0.15) is 16.1 Å². The van der Waals surface area contributed by atoms with E-state index in [4.69, 9.17) is 37.1 Å². The Morgan fingerprint density at radius 3 is 2.56 bits per heavy atom. The first kappa shape index (κ1) is 23.2. The SMILES string of the molecule is COc1ccc(C(=O)NCC(=O)N/N=C\c2ccc(-c3cc(Cl)ccc3Cl)o2)cc1OC. The molecule has 2 aromatic carbocycles. The van der Waals surface area contributed by atoms with E-state index in [1.54, 1.807) is 42.5 Å². The number of rotatable bonds is 8. The van der Waals surface area contributed by atoms with Crippen LogP contribution >= 0.6 is 23.2 Å². The zero-order valence-electron chi connectivity index (χ0n) is 17.1. The van der Waals surface area contributed by atoms with Gasteiger partial charge in [-0.25, -0.2) is 5.43 Å². The summed E-state index contributed by atoms with van der Waals surface area (Å²) >= 11 is 12.2. The standard InChI is InChI=1S/C22H19Cl2N3O5/c1-30-19-7-3-13(9-20(19)31-2)22(29)25-12-21(28)27-26-11-15-5-8-18(32-15)16-10-14(23)4-6-17(16)24/h3-11H,12H2,1-2H3,(H,25,29)(H,27,28)/b26-11-. The third-order valence-electron chi connectivity index (χ3n) is 4.26. The molecule has 0 spiro atoms. The monoisotopic (exact) mass is 475 g/mol. The smallest absolute Gasteiger partial charge is 0.259 e. The molecule has 166 valence electrons. The quantitative estimate of drug-likeness (QED) is 0.376. The first-order valence-corrected chi connectivity index (χ1v) is 10.0. The van der Waals surface area contributed by atoms with Gasteiger partial charge in [0.25, 0.3) is 11.8 Å². The van der Waals surface area contributed by atoms with Crippen LogP contribution in [0.2, 0.25) is 10.0 Å². The molecule has 10 heteroatoms. The van der Waals surface area contributed by atoms with E-state index in [2.05, 4.69) is 15.8 Å². The first-order valence-electron chi connectivity index (χ1n) is 9.28. The molecule has 0 saturated carbocycles. The van der Waals surface area contributed by atoms with E-state index in [1.807, 2.05) is 0 Å². The largest absolute Gasteiger partial charge is 0.493 e. The molecule has 0 saturated heterocycles. The first-order chi connectivity index (χ1) is 15.4. The molecule has 2 amide bonds. The molecule has 0 radical (unpaired) electrons. The van der Waals surface area contributed by atoms with Gasteiger partial charge in [-0.2, -0.15) is 5.10 Å². The Hall–Kier alpha value is -3.49. The van der Waals surface area contributed by atoms with E-state index >= 15 is 0 Å². The van der Waals surface area contributed by atoms with Crippen LogP contribution in [0.5, 0.6) is 11.5 Å². The lowest BCUT2D eigenvalue weighted by Gasteiger charge is -2.09. The number of nitrogens with one attached hydrogen (secondary N) is 2. The summed E-state index contributed by atoms with van der Waals surface area (Å²) < 4.78 is 15.9. The molecular formula is C22H19Cl2N3O5. The highest BCUT2D eigenvalue weighted by atomic mass is 35.5. The van der Waals surface area contributed by atoms with E-state index in [0.717, 1.165) is 0 Å². The number of amides is 2. The lowest BCUT2D eigenvalue weighted by atomic mass is 10.2. The zero-order chi connectivity index (χ0) is 23.1. The highest BCUT2D eigenvalue weighted by molar-refractivity contribution is 6.35. The summed E-state index contributed by atoms with van der Waals surface area (Å²) in [4.78, 5) is 24.2. The number of nitrogens with zero attached hydrogens (tertiary/aromatic N) is 1. The average Bonchev–Trinajstić information content (AvgIpc) is 3.27. The van der Waals surface area contributed by atoms with Crippen LogP contribution in [-0.2, 0) is 4.79 Å². The van der Waals surface area contributed by atoms with Crippen molar-refractivity contribution in [2.45, 2.75) is 0 Å². The van der Waals surface area contributed by atoms with E-state index in [9.17, 15) is 9.59 Å². The van der Waals surface area contributed by atoms with Crippen molar-refractivity contribution < 1.29 is 23.5 Å². The molecule has 0 atom stereocenters. The number of methoxy groups -OCH3 is 2. The highest BCUT2D eigenvalue weighted by Gasteiger charge is 2.12. The maximum Gasteiger partial charge on any atom is 0.259 e. The number of hydrogen-bond acceptors (Lipinski definition) is 6. The second-order valence-corrected chi connectivity index (χ2v) is 7.22. The molecule has 0 unspecified atom stereocenters. The van der Waals surface area contributed by atoms with Crippen LogP contribution in [0.3, 0.4) is 0 Å². The molecule has 3 rings (SSSR count). The number of hydrazone groups is 1. The maximum absolute atomic E-state index is 12.2. The molecule has 0 aliphatic carbocycles. The van der Waals surface area contributed by atoms with E-state index in [1.165, 1.54) is 26.5 Å². The minimum absolute atomic E-state index is 0.272. The van der Waals surface area contributed by atoms with Crippen LogP contribution in [0.4, 0.5) is 0 Å². The Kier molecular flexibility index (Phi) is 7.75. The fourth-order valence-corrected chi connectivity index (χ4v) is 3.08. The minimum Gasteiger partial charge on any atom is -0.493 e. The Morgan fingerprint density at radius 1 is 1.03 bits per heavy atom. The minimum atomic E-state index is -0.514. The van der Waals surface area contributed by atoms with Crippen molar-refractivity contribution in [1.82, 2.24) is 10.7 Å². The van der Waals surface area contributed by atoms with Crippen molar-refractivity contribution in [1.29, 1.82) is 0 Å². The fourth-order valence-electron chi connectivity index (χ4n) is 2.70. The summed E-state index contributed by atoms with van der Waals surface area (Å²) in [5.74, 6) is 0.845. The molecule has 0 bridgehead atoms. The normalized spacial score (nSPS) is 10.8. The predicted molar refractivity (Wildman–Crippen MR) is 122 cm³/mol. The summed E-state index contributed by atoms with van der Waals surface area (Å²) in [5, 5.41) is 7.34. The number of ether oxygens (including phenoxy) is 2. The van der Waals surface area contributed by atoms with Crippen LogP contribution in [-0.4, -0.2) is 38.8 Å². The van der Waals surface area contributed by atoms with Gasteiger partial charge < -0.3 is 19.2 Å². The number of carbonyl (C=O) groups is 2. The Balaban J connectivity index is 1.52. The second-order valence-electron chi connectivity index (χ2n) is 6.37. The number of furan rings is 1.